The van der Waals surface area contributed by atoms with Crippen molar-refractivity contribution in [1.29, 1.82) is 0 Å². The summed E-state index contributed by atoms with van der Waals surface area (Å²) >= 11 is 0. The lowest BCUT2D eigenvalue weighted by Gasteiger charge is -2.41. The molecule has 0 spiro atoms. The highest BCUT2D eigenvalue weighted by Crippen LogP contribution is 2.45. The van der Waals surface area contributed by atoms with E-state index in [0.29, 0.717) is 18.7 Å². The van der Waals surface area contributed by atoms with Gasteiger partial charge in [-0.3, -0.25) is 4.79 Å². The van der Waals surface area contributed by atoms with Crippen LogP contribution in [0, 0.1) is 17.6 Å². The molecule has 1 aliphatic heterocycles. The zero-order chi connectivity index (χ0) is 21.7. The van der Waals surface area contributed by atoms with Gasteiger partial charge in [0.05, 0.1) is 12.2 Å². The Morgan fingerprint density at radius 3 is 2.58 bits per heavy atom. The number of carbonyl (C=O) groups excluding carboxylic acids is 1. The van der Waals surface area contributed by atoms with Gasteiger partial charge in [-0.05, 0) is 44.2 Å². The SMILES string of the molecule is CCCOc1cc(F)c([C@@H]2c3[nH]c4ccccc4c3C[C@@H](C)N2C(=O)C2CC2)c(F)c1. The number of hydrogen-bond acceptors (Lipinski definition) is 2. The van der Waals surface area contributed by atoms with Gasteiger partial charge in [0.1, 0.15) is 23.4 Å². The normalized spacial score (nSPS) is 20.7. The summed E-state index contributed by atoms with van der Waals surface area (Å²) in [7, 11) is 0. The summed E-state index contributed by atoms with van der Waals surface area (Å²) in [5.41, 5.74) is 2.54. The number of aromatic amines is 1. The lowest BCUT2D eigenvalue weighted by molar-refractivity contribution is -0.137. The summed E-state index contributed by atoms with van der Waals surface area (Å²) in [4.78, 5) is 18.3. The van der Waals surface area contributed by atoms with Crippen LogP contribution in [0.3, 0.4) is 0 Å². The molecule has 0 saturated heterocycles. The molecule has 2 atom stereocenters. The molecule has 1 aromatic heterocycles. The maximum atomic E-state index is 15.4. The Balaban J connectivity index is 1.69. The smallest absolute Gasteiger partial charge is 0.226 e. The molecular weight excluding hydrogens is 398 g/mol. The molecule has 6 heteroatoms. The van der Waals surface area contributed by atoms with Crippen LogP contribution in [0.4, 0.5) is 8.78 Å². The van der Waals surface area contributed by atoms with Crippen molar-refractivity contribution in [3.8, 4) is 5.75 Å². The molecule has 0 radical (unpaired) electrons. The Labute approximate surface area is 180 Å². The Hall–Kier alpha value is -2.89. The molecule has 1 fully saturated rings. The van der Waals surface area contributed by atoms with Crippen LogP contribution in [0.15, 0.2) is 36.4 Å². The van der Waals surface area contributed by atoms with E-state index in [0.717, 1.165) is 35.7 Å². The summed E-state index contributed by atoms with van der Waals surface area (Å²) in [6.45, 7) is 4.28. The molecule has 0 unspecified atom stereocenters. The van der Waals surface area contributed by atoms with E-state index in [1.54, 1.807) is 4.90 Å². The minimum Gasteiger partial charge on any atom is -0.493 e. The molecule has 162 valence electrons. The van der Waals surface area contributed by atoms with Crippen LogP contribution in [0.1, 0.15) is 56.0 Å². The van der Waals surface area contributed by atoms with Crippen molar-refractivity contribution in [2.45, 2.75) is 51.6 Å². The van der Waals surface area contributed by atoms with E-state index in [-0.39, 0.29) is 29.2 Å². The number of benzene rings is 2. The summed E-state index contributed by atoms with van der Waals surface area (Å²) in [5, 5.41) is 1.04. The molecule has 1 N–H and O–H groups in total. The van der Waals surface area contributed by atoms with Crippen molar-refractivity contribution in [3.05, 3.63) is 64.9 Å². The van der Waals surface area contributed by atoms with Crippen LogP contribution in [0.25, 0.3) is 10.9 Å². The zero-order valence-electron chi connectivity index (χ0n) is 17.8. The number of carbonyl (C=O) groups is 1. The summed E-state index contributed by atoms with van der Waals surface area (Å²) < 4.78 is 36.2. The van der Waals surface area contributed by atoms with Crippen LogP contribution in [-0.2, 0) is 11.2 Å². The number of nitrogens with one attached hydrogen (secondary N) is 1. The van der Waals surface area contributed by atoms with Gasteiger partial charge in [-0.1, -0.05) is 25.1 Å². The highest BCUT2D eigenvalue weighted by atomic mass is 19.1. The molecule has 3 aromatic rings. The Morgan fingerprint density at radius 2 is 1.90 bits per heavy atom. The third-order valence-corrected chi connectivity index (χ3v) is 6.35. The first kappa shape index (κ1) is 20.0. The number of halogens is 2. The number of aromatic nitrogens is 1. The summed E-state index contributed by atoms with van der Waals surface area (Å²) in [6.07, 6.45) is 3.06. The molecule has 2 heterocycles. The topological polar surface area (TPSA) is 45.3 Å². The Bertz CT molecular complexity index is 1130. The van der Waals surface area contributed by atoms with Crippen LogP contribution >= 0.6 is 0 Å². The molecule has 1 aliphatic carbocycles. The molecule has 0 bridgehead atoms. The largest absolute Gasteiger partial charge is 0.493 e. The van der Waals surface area contributed by atoms with Crippen LogP contribution in [-0.4, -0.2) is 28.4 Å². The van der Waals surface area contributed by atoms with E-state index in [1.165, 1.54) is 12.1 Å². The maximum absolute atomic E-state index is 15.4. The number of fused-ring (bicyclic) bond motifs is 3. The van der Waals surface area contributed by atoms with Gasteiger partial charge in [-0.25, -0.2) is 8.78 Å². The van der Waals surface area contributed by atoms with Crippen molar-refractivity contribution >= 4 is 16.8 Å². The molecule has 31 heavy (non-hydrogen) atoms. The number of para-hydroxylation sites is 1. The molecule has 5 rings (SSSR count). The van der Waals surface area contributed by atoms with Crippen molar-refractivity contribution < 1.29 is 18.3 Å². The van der Waals surface area contributed by atoms with E-state index in [1.807, 2.05) is 38.1 Å². The minimum absolute atomic E-state index is 0.0214. The first-order chi connectivity index (χ1) is 15.0. The second-order valence-electron chi connectivity index (χ2n) is 8.69. The zero-order valence-corrected chi connectivity index (χ0v) is 17.8. The molecule has 1 saturated carbocycles. The lowest BCUT2D eigenvalue weighted by Crippen LogP contribution is -2.47. The number of ether oxygens (including phenoxy) is 1. The van der Waals surface area contributed by atoms with Gasteiger partial charge in [0.15, 0.2) is 0 Å². The van der Waals surface area contributed by atoms with Gasteiger partial charge in [0.25, 0.3) is 0 Å². The molecule has 2 aliphatic rings. The Kier molecular flexibility index (Phi) is 4.95. The van der Waals surface area contributed by atoms with Crippen LogP contribution in [0.5, 0.6) is 5.75 Å². The van der Waals surface area contributed by atoms with E-state index >= 15 is 8.78 Å². The Morgan fingerprint density at radius 1 is 1.19 bits per heavy atom. The summed E-state index contributed by atoms with van der Waals surface area (Å²) in [6, 6.07) is 9.32. The summed E-state index contributed by atoms with van der Waals surface area (Å²) in [5.74, 6) is -1.28. The quantitative estimate of drug-likeness (QED) is 0.587. The first-order valence-corrected chi connectivity index (χ1v) is 11.0. The predicted octanol–water partition coefficient (Wildman–Crippen LogP) is 5.51. The fraction of sp³-hybridized carbons (Fsp3) is 0.400. The van der Waals surface area contributed by atoms with E-state index < -0.39 is 17.7 Å². The highest BCUT2D eigenvalue weighted by molar-refractivity contribution is 5.87. The highest BCUT2D eigenvalue weighted by Gasteiger charge is 2.45. The second kappa shape index (κ2) is 7.66. The second-order valence-corrected chi connectivity index (χ2v) is 8.69. The third kappa shape index (κ3) is 3.38. The first-order valence-electron chi connectivity index (χ1n) is 11.0. The average molecular weight is 424 g/mol. The van der Waals surface area contributed by atoms with Gasteiger partial charge in [0.2, 0.25) is 5.91 Å². The van der Waals surface area contributed by atoms with Crippen LogP contribution in [0.2, 0.25) is 0 Å². The van der Waals surface area contributed by atoms with Gasteiger partial charge in [-0.15, -0.1) is 0 Å². The van der Waals surface area contributed by atoms with Crippen LogP contribution < -0.4 is 4.74 Å². The number of hydrogen-bond donors (Lipinski definition) is 1. The number of H-pyrrole nitrogens is 1. The number of rotatable bonds is 5. The maximum Gasteiger partial charge on any atom is 0.226 e. The fourth-order valence-electron chi connectivity index (χ4n) is 4.76. The van der Waals surface area contributed by atoms with Crippen molar-refractivity contribution in [2.75, 3.05) is 6.61 Å². The molecule has 1 amide bonds. The predicted molar refractivity (Wildman–Crippen MR) is 115 cm³/mol. The number of nitrogens with zero attached hydrogens (tertiary/aromatic N) is 1. The van der Waals surface area contributed by atoms with Gasteiger partial charge in [-0.2, -0.15) is 0 Å². The number of amides is 1. The standard InChI is InChI=1S/C25H26F2N2O2/c1-3-10-31-16-12-19(26)22(20(27)13-16)24-23-18(17-6-4-5-7-21(17)28-23)11-14(2)29(24)25(30)15-8-9-15/h4-7,12-15,24,28H,3,8-11H2,1-2H3/t14-,24-/m1/s1. The van der Waals surface area contributed by atoms with E-state index in [9.17, 15) is 4.79 Å². The van der Waals surface area contributed by atoms with Gasteiger partial charge < -0.3 is 14.6 Å². The van der Waals surface area contributed by atoms with Gasteiger partial charge in [0, 0.05) is 40.7 Å². The fourth-order valence-corrected chi connectivity index (χ4v) is 4.76. The monoisotopic (exact) mass is 424 g/mol. The average Bonchev–Trinajstić information content (AvgIpc) is 3.53. The van der Waals surface area contributed by atoms with E-state index in [4.69, 9.17) is 4.74 Å². The molecule has 4 nitrogen and oxygen atoms in total. The minimum atomic E-state index is -0.834. The lowest BCUT2D eigenvalue weighted by atomic mass is 9.87. The van der Waals surface area contributed by atoms with E-state index in [2.05, 4.69) is 4.98 Å². The van der Waals surface area contributed by atoms with Crippen molar-refractivity contribution in [2.24, 2.45) is 5.92 Å². The third-order valence-electron chi connectivity index (χ3n) is 6.35. The molecular formula is C25H26F2N2O2. The molecule has 2 aromatic carbocycles. The van der Waals surface area contributed by atoms with Crippen molar-refractivity contribution in [3.63, 3.8) is 0 Å². The van der Waals surface area contributed by atoms with Gasteiger partial charge >= 0.3 is 0 Å². The van der Waals surface area contributed by atoms with Crippen molar-refractivity contribution in [1.82, 2.24) is 9.88 Å².